The van der Waals surface area contributed by atoms with Gasteiger partial charge in [-0.05, 0) is 23.8 Å². The molecule has 32 heavy (non-hydrogen) atoms. The quantitative estimate of drug-likeness (QED) is 0.477. The highest BCUT2D eigenvalue weighted by Crippen LogP contribution is 2.50. The van der Waals surface area contributed by atoms with Gasteiger partial charge in [0, 0.05) is 23.2 Å². The van der Waals surface area contributed by atoms with E-state index in [0.717, 1.165) is 7.11 Å². The van der Waals surface area contributed by atoms with E-state index in [-0.39, 0.29) is 35.7 Å². The van der Waals surface area contributed by atoms with E-state index in [9.17, 15) is 45.4 Å². The highest BCUT2D eigenvalue weighted by molar-refractivity contribution is 5.92. The molecule has 5 nitrogen and oxygen atoms in total. The number of benzene rings is 2. The largest absolute Gasteiger partial charge is 0.469 e. The molecule has 0 spiro atoms. The zero-order valence-electron chi connectivity index (χ0n) is 16.3. The molecule has 0 heterocycles. The summed E-state index contributed by atoms with van der Waals surface area (Å²) < 4.78 is 96.5. The number of esters is 1. The molecule has 2 N–H and O–H groups in total. The number of carbonyl (C=O) groups excluding carboxylic acids is 2. The van der Waals surface area contributed by atoms with Gasteiger partial charge in [0.05, 0.1) is 13.5 Å². The molecule has 2 rings (SSSR count). The summed E-state index contributed by atoms with van der Waals surface area (Å²) in [4.78, 5) is 22.8. The van der Waals surface area contributed by atoms with E-state index in [1.165, 1.54) is 24.3 Å². The monoisotopic (exact) mass is 467 g/mol. The molecule has 174 valence electrons. The molecule has 0 radical (unpaired) electrons. The van der Waals surface area contributed by atoms with Gasteiger partial charge in [0.25, 0.3) is 5.60 Å². The van der Waals surface area contributed by atoms with Gasteiger partial charge >= 0.3 is 18.3 Å². The van der Waals surface area contributed by atoms with Gasteiger partial charge in [-0.15, -0.1) is 0 Å². The molecule has 0 fully saturated rings. The Morgan fingerprint density at radius 3 is 1.97 bits per heavy atom. The van der Waals surface area contributed by atoms with Crippen molar-refractivity contribution in [2.75, 3.05) is 12.4 Å². The normalized spacial score (nSPS) is 12.4. The van der Waals surface area contributed by atoms with Gasteiger partial charge in [-0.3, -0.25) is 9.59 Å². The summed E-state index contributed by atoms with van der Waals surface area (Å²) in [6.07, 6.45) is -12.6. The number of carbonyl (C=O) groups is 2. The number of alkyl halides is 6. The molecular formula is C20H16F7NO4. The average Bonchev–Trinajstić information content (AvgIpc) is 2.70. The molecule has 2 aromatic rings. The van der Waals surface area contributed by atoms with E-state index < -0.39 is 41.2 Å². The van der Waals surface area contributed by atoms with E-state index in [2.05, 4.69) is 10.1 Å². The first kappa shape index (κ1) is 25.1. The summed E-state index contributed by atoms with van der Waals surface area (Å²) in [7, 11) is 1.16. The van der Waals surface area contributed by atoms with E-state index in [4.69, 9.17) is 0 Å². The minimum Gasteiger partial charge on any atom is -0.469 e. The van der Waals surface area contributed by atoms with Crippen LogP contribution in [0.2, 0.25) is 0 Å². The first-order chi connectivity index (χ1) is 14.7. The van der Waals surface area contributed by atoms with Gasteiger partial charge in [-0.25, -0.2) is 4.39 Å². The molecule has 12 heteroatoms. The fraction of sp³-hybridized carbons (Fsp3) is 0.300. The third-order valence-corrected chi connectivity index (χ3v) is 4.47. The molecule has 2 aromatic carbocycles. The summed E-state index contributed by atoms with van der Waals surface area (Å²) in [5, 5.41) is 11.8. The first-order valence-electron chi connectivity index (χ1n) is 8.83. The SMILES string of the molecule is COC(=O)CCC(=O)Nc1ccc(-c2ccc(C(O)(C(F)(F)F)C(F)(F)F)cc2F)cc1. The van der Waals surface area contributed by atoms with Crippen LogP contribution in [0.15, 0.2) is 42.5 Å². The predicted octanol–water partition coefficient (Wildman–Crippen LogP) is 4.70. The van der Waals surface area contributed by atoms with Gasteiger partial charge in [0.2, 0.25) is 5.91 Å². The second kappa shape index (κ2) is 9.15. The van der Waals surface area contributed by atoms with Crippen LogP contribution in [0.5, 0.6) is 0 Å². The zero-order valence-corrected chi connectivity index (χ0v) is 16.3. The van der Waals surface area contributed by atoms with E-state index >= 15 is 0 Å². The molecule has 0 saturated heterocycles. The minimum atomic E-state index is -6.13. The lowest BCUT2D eigenvalue weighted by molar-refractivity contribution is -0.376. The number of nitrogens with one attached hydrogen (secondary N) is 1. The lowest BCUT2D eigenvalue weighted by atomic mass is 9.90. The van der Waals surface area contributed by atoms with Crippen LogP contribution in [0, 0.1) is 5.82 Å². The van der Waals surface area contributed by atoms with Crippen LogP contribution in [0.3, 0.4) is 0 Å². The number of amides is 1. The Hall–Kier alpha value is -3.15. The third kappa shape index (κ3) is 5.18. The van der Waals surface area contributed by atoms with Crippen LogP contribution in [0.1, 0.15) is 18.4 Å². The molecule has 0 aromatic heterocycles. The highest BCUT2D eigenvalue weighted by atomic mass is 19.4. The highest BCUT2D eigenvalue weighted by Gasteiger charge is 2.71. The minimum absolute atomic E-state index is 0.0290. The molecule has 0 aliphatic heterocycles. The van der Waals surface area contributed by atoms with Gasteiger partial charge in [-0.1, -0.05) is 24.3 Å². The Morgan fingerprint density at radius 2 is 1.50 bits per heavy atom. The van der Waals surface area contributed by atoms with Crippen molar-refractivity contribution in [3.8, 4) is 11.1 Å². The number of rotatable bonds is 6. The number of halogens is 7. The summed E-state index contributed by atoms with van der Waals surface area (Å²) in [5.41, 5.74) is -6.94. The lowest BCUT2D eigenvalue weighted by Gasteiger charge is -2.32. The Morgan fingerprint density at radius 1 is 0.938 bits per heavy atom. The maximum absolute atomic E-state index is 14.4. The Labute approximate surface area is 176 Å². The number of ether oxygens (including phenoxy) is 1. The number of anilines is 1. The molecule has 0 saturated carbocycles. The fourth-order valence-corrected chi connectivity index (χ4v) is 2.74. The van der Waals surface area contributed by atoms with Crippen molar-refractivity contribution in [2.24, 2.45) is 0 Å². The number of methoxy groups -OCH3 is 1. The summed E-state index contributed by atoms with van der Waals surface area (Å²) >= 11 is 0. The third-order valence-electron chi connectivity index (χ3n) is 4.47. The second-order valence-corrected chi connectivity index (χ2v) is 6.60. The van der Waals surface area contributed by atoms with E-state index in [1.807, 2.05) is 0 Å². The van der Waals surface area contributed by atoms with Crippen molar-refractivity contribution in [3.63, 3.8) is 0 Å². The Balaban J connectivity index is 2.25. The van der Waals surface area contributed by atoms with Crippen molar-refractivity contribution in [1.29, 1.82) is 0 Å². The van der Waals surface area contributed by atoms with Gasteiger partial charge in [0.15, 0.2) is 0 Å². The summed E-state index contributed by atoms with van der Waals surface area (Å²) in [6, 6.07) is 6.17. The van der Waals surface area contributed by atoms with E-state index in [0.29, 0.717) is 12.1 Å². The van der Waals surface area contributed by atoms with Crippen molar-refractivity contribution in [2.45, 2.75) is 30.8 Å². The number of aliphatic hydroxyl groups is 1. The predicted molar refractivity (Wildman–Crippen MR) is 97.7 cm³/mol. The van der Waals surface area contributed by atoms with Crippen LogP contribution >= 0.6 is 0 Å². The summed E-state index contributed by atoms with van der Waals surface area (Å²) in [5.74, 6) is -2.53. The topological polar surface area (TPSA) is 75.6 Å². The number of hydrogen-bond acceptors (Lipinski definition) is 4. The van der Waals surface area contributed by atoms with Crippen LogP contribution in [0.25, 0.3) is 11.1 Å². The second-order valence-electron chi connectivity index (χ2n) is 6.60. The van der Waals surface area contributed by atoms with Crippen LogP contribution in [0.4, 0.5) is 36.4 Å². The van der Waals surface area contributed by atoms with Gasteiger partial charge < -0.3 is 15.2 Å². The summed E-state index contributed by atoms with van der Waals surface area (Å²) in [6.45, 7) is 0. The molecule has 0 bridgehead atoms. The van der Waals surface area contributed by atoms with Crippen molar-refractivity contribution < 1.29 is 50.2 Å². The van der Waals surface area contributed by atoms with Crippen molar-refractivity contribution in [1.82, 2.24) is 0 Å². The first-order valence-corrected chi connectivity index (χ1v) is 8.83. The fourth-order valence-electron chi connectivity index (χ4n) is 2.74. The average molecular weight is 467 g/mol. The standard InChI is InChI=1S/C20H16F7NO4/c1-32-17(30)9-8-16(29)28-13-5-2-11(3-6-13)14-7-4-12(10-15(14)21)18(31,19(22,23)24)20(25,26)27/h2-7,10,31H,8-9H2,1H3,(H,28,29). The molecule has 1 amide bonds. The molecular weight excluding hydrogens is 451 g/mol. The Bertz CT molecular complexity index is 971. The molecule has 0 aliphatic carbocycles. The van der Waals surface area contributed by atoms with Crippen LogP contribution in [-0.2, 0) is 19.9 Å². The van der Waals surface area contributed by atoms with E-state index in [1.54, 1.807) is 0 Å². The van der Waals surface area contributed by atoms with Crippen molar-refractivity contribution >= 4 is 17.6 Å². The Kier molecular flexibility index (Phi) is 7.18. The number of hydrogen-bond donors (Lipinski definition) is 2. The van der Waals surface area contributed by atoms with Gasteiger partial charge in [0.1, 0.15) is 5.82 Å². The molecule has 0 unspecified atom stereocenters. The van der Waals surface area contributed by atoms with Gasteiger partial charge in [-0.2, -0.15) is 26.3 Å². The van der Waals surface area contributed by atoms with Crippen molar-refractivity contribution in [3.05, 3.63) is 53.8 Å². The lowest BCUT2D eigenvalue weighted by Crippen LogP contribution is -2.53. The smallest absolute Gasteiger partial charge is 0.430 e. The maximum Gasteiger partial charge on any atom is 0.430 e. The molecule has 0 aliphatic rings. The zero-order chi connectivity index (χ0) is 24.3. The van der Waals surface area contributed by atoms with Crippen LogP contribution < -0.4 is 5.32 Å². The van der Waals surface area contributed by atoms with Crippen LogP contribution in [-0.4, -0.2) is 36.4 Å². The maximum atomic E-state index is 14.4. The molecule has 0 atom stereocenters.